The van der Waals surface area contributed by atoms with E-state index < -0.39 is 30.0 Å². The summed E-state index contributed by atoms with van der Waals surface area (Å²) in [6, 6.07) is 4.26. The molecule has 1 aliphatic rings. The number of carboxylic acid groups (broad SMARTS) is 1. The lowest BCUT2D eigenvalue weighted by molar-refractivity contribution is -0.274. The Morgan fingerprint density at radius 2 is 2.04 bits per heavy atom. The third-order valence-corrected chi connectivity index (χ3v) is 3.60. The maximum absolute atomic E-state index is 12.3. The van der Waals surface area contributed by atoms with Crippen LogP contribution in [0.4, 0.5) is 13.2 Å². The van der Waals surface area contributed by atoms with Crippen molar-refractivity contribution in [3.8, 4) is 5.75 Å². The third-order valence-electron chi connectivity index (χ3n) is 3.60. The summed E-state index contributed by atoms with van der Waals surface area (Å²) >= 11 is 0. The molecule has 23 heavy (non-hydrogen) atoms. The van der Waals surface area contributed by atoms with Crippen molar-refractivity contribution < 1.29 is 32.6 Å². The Morgan fingerprint density at radius 1 is 1.30 bits per heavy atom. The van der Waals surface area contributed by atoms with Gasteiger partial charge in [-0.1, -0.05) is 12.1 Å². The van der Waals surface area contributed by atoms with Crippen molar-refractivity contribution in [2.45, 2.75) is 38.1 Å². The number of halogens is 3. The standard InChI is InChI=1S/C15H16F3NO4/c16-15(17,18)23-11-5-3-4-10(8-11)9-13(20)19-7-2-1-6-12(19)14(21)22/h3-5,8,12H,1-2,6-7,9H2,(H,21,22). The van der Waals surface area contributed by atoms with E-state index in [0.717, 1.165) is 18.6 Å². The van der Waals surface area contributed by atoms with Gasteiger partial charge >= 0.3 is 12.3 Å². The Morgan fingerprint density at radius 3 is 2.70 bits per heavy atom. The summed E-state index contributed by atoms with van der Waals surface area (Å²) in [7, 11) is 0. The molecule has 1 saturated heterocycles. The Balaban J connectivity index is 2.07. The van der Waals surface area contributed by atoms with E-state index in [2.05, 4.69) is 4.74 Å². The monoisotopic (exact) mass is 331 g/mol. The van der Waals surface area contributed by atoms with E-state index in [-0.39, 0.29) is 6.42 Å². The number of likely N-dealkylation sites (tertiary alicyclic amines) is 1. The number of ether oxygens (including phenoxy) is 1. The lowest BCUT2D eigenvalue weighted by Crippen LogP contribution is -2.48. The average Bonchev–Trinajstić information content (AvgIpc) is 2.45. The summed E-state index contributed by atoms with van der Waals surface area (Å²) in [6.45, 7) is 0.342. The van der Waals surface area contributed by atoms with E-state index in [4.69, 9.17) is 5.11 Å². The van der Waals surface area contributed by atoms with E-state index in [1.54, 1.807) is 0 Å². The van der Waals surface area contributed by atoms with Crippen molar-refractivity contribution in [2.75, 3.05) is 6.54 Å². The molecule has 1 amide bonds. The summed E-state index contributed by atoms with van der Waals surface area (Å²) in [5.74, 6) is -1.88. The Labute approximate surface area is 130 Å². The second-order valence-corrected chi connectivity index (χ2v) is 5.31. The van der Waals surface area contributed by atoms with Crippen LogP contribution in [0.3, 0.4) is 0 Å². The summed E-state index contributed by atoms with van der Waals surface area (Å²) in [6.07, 6.45) is -3.14. The van der Waals surface area contributed by atoms with Gasteiger partial charge in [0.1, 0.15) is 11.8 Å². The fourth-order valence-corrected chi connectivity index (χ4v) is 2.62. The molecule has 1 aromatic carbocycles. The van der Waals surface area contributed by atoms with Gasteiger partial charge in [-0.2, -0.15) is 0 Å². The quantitative estimate of drug-likeness (QED) is 0.921. The van der Waals surface area contributed by atoms with E-state index in [1.807, 2.05) is 0 Å². The normalized spacial score (nSPS) is 18.6. The molecule has 5 nitrogen and oxygen atoms in total. The summed E-state index contributed by atoms with van der Waals surface area (Å²) in [5, 5.41) is 9.16. The highest BCUT2D eigenvalue weighted by Gasteiger charge is 2.33. The first-order chi connectivity index (χ1) is 10.8. The van der Waals surface area contributed by atoms with Gasteiger partial charge in [0.25, 0.3) is 0 Å². The molecule has 0 aliphatic carbocycles. The van der Waals surface area contributed by atoms with Crippen molar-refractivity contribution in [1.29, 1.82) is 0 Å². The maximum atomic E-state index is 12.3. The van der Waals surface area contributed by atoms with Gasteiger partial charge < -0.3 is 14.7 Å². The van der Waals surface area contributed by atoms with Crippen LogP contribution in [-0.4, -0.2) is 40.8 Å². The number of carboxylic acids is 1. The van der Waals surface area contributed by atoms with E-state index in [9.17, 15) is 22.8 Å². The zero-order valence-corrected chi connectivity index (χ0v) is 12.2. The number of amides is 1. The number of nitrogens with zero attached hydrogens (tertiary/aromatic N) is 1. The van der Waals surface area contributed by atoms with Crippen LogP contribution in [-0.2, 0) is 16.0 Å². The first-order valence-electron chi connectivity index (χ1n) is 7.13. The first kappa shape index (κ1) is 17.1. The number of rotatable bonds is 4. The molecule has 0 bridgehead atoms. The topological polar surface area (TPSA) is 66.8 Å². The molecular formula is C15H16F3NO4. The molecule has 0 saturated carbocycles. The summed E-state index contributed by atoms with van der Waals surface area (Å²) < 4.78 is 40.4. The molecule has 126 valence electrons. The van der Waals surface area contributed by atoms with E-state index >= 15 is 0 Å². The number of aliphatic carboxylic acids is 1. The fourth-order valence-electron chi connectivity index (χ4n) is 2.62. The van der Waals surface area contributed by atoms with Crippen molar-refractivity contribution in [1.82, 2.24) is 4.90 Å². The average molecular weight is 331 g/mol. The summed E-state index contributed by atoms with van der Waals surface area (Å²) in [4.78, 5) is 24.8. The predicted octanol–water partition coefficient (Wildman–Crippen LogP) is 2.59. The van der Waals surface area contributed by atoms with Crippen molar-refractivity contribution in [2.24, 2.45) is 0 Å². The van der Waals surface area contributed by atoms with Gasteiger partial charge in [-0.25, -0.2) is 4.79 Å². The number of hydrogen-bond acceptors (Lipinski definition) is 3. The third kappa shape index (κ3) is 4.87. The van der Waals surface area contributed by atoms with Gasteiger partial charge in [-0.3, -0.25) is 4.79 Å². The van der Waals surface area contributed by atoms with Crippen LogP contribution < -0.4 is 4.74 Å². The second kappa shape index (κ2) is 6.89. The highest BCUT2D eigenvalue weighted by molar-refractivity contribution is 5.85. The Hall–Kier alpha value is -2.25. The molecule has 1 fully saturated rings. The summed E-state index contributed by atoms with van der Waals surface area (Å²) in [5.41, 5.74) is 0.339. The van der Waals surface area contributed by atoms with Crippen LogP contribution in [0.2, 0.25) is 0 Å². The van der Waals surface area contributed by atoms with Gasteiger partial charge in [0.15, 0.2) is 0 Å². The number of alkyl halides is 3. The van der Waals surface area contributed by atoms with Gasteiger partial charge in [0, 0.05) is 6.54 Å². The van der Waals surface area contributed by atoms with E-state index in [0.29, 0.717) is 24.9 Å². The molecule has 0 radical (unpaired) electrons. The molecule has 1 heterocycles. The molecule has 0 spiro atoms. The molecule has 1 unspecified atom stereocenters. The molecular weight excluding hydrogens is 315 g/mol. The number of carbonyl (C=O) groups excluding carboxylic acids is 1. The highest BCUT2D eigenvalue weighted by Crippen LogP contribution is 2.24. The molecule has 1 atom stereocenters. The van der Waals surface area contributed by atoms with Crippen LogP contribution in [0, 0.1) is 0 Å². The minimum atomic E-state index is -4.80. The lowest BCUT2D eigenvalue weighted by Gasteiger charge is -2.33. The first-order valence-corrected chi connectivity index (χ1v) is 7.13. The van der Waals surface area contributed by atoms with E-state index in [1.165, 1.54) is 17.0 Å². The number of carbonyl (C=O) groups is 2. The second-order valence-electron chi connectivity index (χ2n) is 5.31. The zero-order valence-electron chi connectivity index (χ0n) is 12.2. The van der Waals surface area contributed by atoms with Crippen LogP contribution in [0.5, 0.6) is 5.75 Å². The minimum absolute atomic E-state index is 0.168. The van der Waals surface area contributed by atoms with Crippen LogP contribution >= 0.6 is 0 Å². The van der Waals surface area contributed by atoms with Gasteiger partial charge in [-0.05, 0) is 37.0 Å². The molecule has 2 rings (SSSR count). The largest absolute Gasteiger partial charge is 0.573 e. The van der Waals surface area contributed by atoms with Crippen molar-refractivity contribution in [3.63, 3.8) is 0 Å². The van der Waals surface area contributed by atoms with Crippen molar-refractivity contribution >= 4 is 11.9 Å². The lowest BCUT2D eigenvalue weighted by atomic mass is 10.0. The Bertz CT molecular complexity index is 588. The number of hydrogen-bond donors (Lipinski definition) is 1. The predicted molar refractivity (Wildman–Crippen MR) is 73.8 cm³/mol. The minimum Gasteiger partial charge on any atom is -0.480 e. The highest BCUT2D eigenvalue weighted by atomic mass is 19.4. The molecule has 1 aromatic rings. The molecule has 1 aliphatic heterocycles. The zero-order chi connectivity index (χ0) is 17.0. The van der Waals surface area contributed by atoms with Crippen molar-refractivity contribution in [3.05, 3.63) is 29.8 Å². The molecule has 0 aromatic heterocycles. The van der Waals surface area contributed by atoms with Crippen LogP contribution in [0.25, 0.3) is 0 Å². The molecule has 1 N–H and O–H groups in total. The van der Waals surface area contributed by atoms with Crippen LogP contribution in [0.1, 0.15) is 24.8 Å². The number of benzene rings is 1. The Kier molecular flexibility index (Phi) is 5.12. The maximum Gasteiger partial charge on any atom is 0.573 e. The van der Waals surface area contributed by atoms with Gasteiger partial charge in [-0.15, -0.1) is 13.2 Å². The SMILES string of the molecule is O=C(O)C1CCCCN1C(=O)Cc1cccc(OC(F)(F)F)c1. The fraction of sp³-hybridized carbons (Fsp3) is 0.467. The number of piperidine rings is 1. The van der Waals surface area contributed by atoms with Gasteiger partial charge in [0.2, 0.25) is 5.91 Å². The van der Waals surface area contributed by atoms with Gasteiger partial charge in [0.05, 0.1) is 6.42 Å². The molecule has 8 heteroatoms. The van der Waals surface area contributed by atoms with Crippen LogP contribution in [0.15, 0.2) is 24.3 Å². The smallest absolute Gasteiger partial charge is 0.480 e.